The number of anilines is 1. The maximum absolute atomic E-state index is 15.2. The number of alkyl carbamates (subject to hydrolysis) is 1. The van der Waals surface area contributed by atoms with Gasteiger partial charge >= 0.3 is 6.09 Å². The summed E-state index contributed by atoms with van der Waals surface area (Å²) in [6, 6.07) is 2.24. The van der Waals surface area contributed by atoms with E-state index in [2.05, 4.69) is 21.7 Å². The molecule has 46 heavy (non-hydrogen) atoms. The van der Waals surface area contributed by atoms with Crippen molar-refractivity contribution >= 4 is 29.6 Å². The number of nitriles is 1. The highest BCUT2D eigenvalue weighted by atomic mass is 19.1. The molecule has 1 aliphatic carbocycles. The number of rotatable bonds is 4. The lowest BCUT2D eigenvalue weighted by Crippen LogP contribution is -2.60. The number of alkyl halides is 1. The summed E-state index contributed by atoms with van der Waals surface area (Å²) in [6.45, 7) is 7.88. The summed E-state index contributed by atoms with van der Waals surface area (Å²) in [5, 5.41) is 15.6. The molecule has 6 rings (SSSR count). The van der Waals surface area contributed by atoms with E-state index < -0.39 is 77.1 Å². The average Bonchev–Trinajstić information content (AvgIpc) is 3.75. The Labute approximate surface area is 267 Å². The zero-order valence-electron chi connectivity index (χ0n) is 26.5. The summed E-state index contributed by atoms with van der Waals surface area (Å²) in [4.78, 5) is 62.3. The predicted molar refractivity (Wildman–Crippen MR) is 160 cm³/mol. The molecule has 2 N–H and O–H groups in total. The van der Waals surface area contributed by atoms with Gasteiger partial charge in [-0.2, -0.15) is 5.26 Å². The highest BCUT2D eigenvalue weighted by molar-refractivity contribution is 6.01. The first-order valence-electron chi connectivity index (χ1n) is 16.0. The van der Waals surface area contributed by atoms with E-state index in [4.69, 9.17) is 14.2 Å². The van der Waals surface area contributed by atoms with E-state index in [1.54, 1.807) is 39.8 Å². The van der Waals surface area contributed by atoms with Gasteiger partial charge in [0.15, 0.2) is 11.6 Å². The van der Waals surface area contributed by atoms with Crippen molar-refractivity contribution in [3.8, 4) is 11.8 Å². The minimum absolute atomic E-state index is 0.0889. The first kappa shape index (κ1) is 32.0. The first-order chi connectivity index (χ1) is 21.8. The summed E-state index contributed by atoms with van der Waals surface area (Å²) < 4.78 is 32.2. The van der Waals surface area contributed by atoms with Gasteiger partial charge in [-0.3, -0.25) is 14.4 Å². The number of pyridine rings is 1. The van der Waals surface area contributed by atoms with Crippen LogP contribution in [0.2, 0.25) is 0 Å². The zero-order chi connectivity index (χ0) is 33.0. The molecule has 1 aromatic heterocycles. The van der Waals surface area contributed by atoms with Gasteiger partial charge in [-0.05, 0) is 48.1 Å². The summed E-state index contributed by atoms with van der Waals surface area (Å²) in [5.41, 5.74) is -2.32. The molecule has 1 spiro atoms. The number of hydrogen-bond donors (Lipinski definition) is 2. The molecule has 0 aromatic carbocycles. The second kappa shape index (κ2) is 12.0. The Morgan fingerprint density at radius 2 is 2.04 bits per heavy atom. The number of hydrogen-bond acceptors (Lipinski definition) is 9. The third kappa shape index (κ3) is 5.63. The van der Waals surface area contributed by atoms with E-state index in [1.807, 2.05) is 0 Å². The van der Waals surface area contributed by atoms with Crippen molar-refractivity contribution in [2.24, 2.45) is 23.2 Å². The second-order valence-electron chi connectivity index (χ2n) is 14.3. The van der Waals surface area contributed by atoms with Crippen LogP contribution >= 0.6 is 0 Å². The average molecular weight is 641 g/mol. The number of carbonyl (C=O) groups excluding carboxylic acids is 4. The van der Waals surface area contributed by atoms with Crippen LogP contribution in [0.1, 0.15) is 53.4 Å². The molecule has 1 unspecified atom stereocenters. The number of nitrogens with zero attached hydrogens (tertiary/aromatic N) is 4. The lowest BCUT2D eigenvalue weighted by molar-refractivity contribution is -0.149. The molecule has 0 radical (unpaired) electrons. The molecule has 13 nitrogen and oxygen atoms in total. The van der Waals surface area contributed by atoms with Crippen molar-refractivity contribution in [2.45, 2.75) is 89.4 Å². The van der Waals surface area contributed by atoms with E-state index in [0.29, 0.717) is 31.6 Å². The van der Waals surface area contributed by atoms with Gasteiger partial charge in [0.1, 0.15) is 30.4 Å². The van der Waals surface area contributed by atoms with Crippen LogP contribution < -0.4 is 15.4 Å². The van der Waals surface area contributed by atoms with Crippen molar-refractivity contribution in [2.75, 3.05) is 31.6 Å². The van der Waals surface area contributed by atoms with Gasteiger partial charge in [-0.1, -0.05) is 27.7 Å². The summed E-state index contributed by atoms with van der Waals surface area (Å²) in [7, 11) is 0. The van der Waals surface area contributed by atoms with E-state index in [1.165, 1.54) is 16.0 Å². The lowest BCUT2D eigenvalue weighted by Gasteiger charge is -2.40. The number of fused-ring (bicyclic) bond motifs is 2. The highest BCUT2D eigenvalue weighted by Crippen LogP contribution is 2.47. The van der Waals surface area contributed by atoms with E-state index in [-0.39, 0.29) is 37.9 Å². The predicted octanol–water partition coefficient (Wildman–Crippen LogP) is 2.42. The Morgan fingerprint density at radius 3 is 2.74 bits per heavy atom. The van der Waals surface area contributed by atoms with Crippen LogP contribution in [0.15, 0.2) is 18.3 Å². The minimum atomic E-state index is -1.54. The number of amides is 4. The van der Waals surface area contributed by atoms with Crippen LogP contribution in [-0.4, -0.2) is 101 Å². The molecule has 4 aliphatic heterocycles. The van der Waals surface area contributed by atoms with E-state index in [0.717, 1.165) is 0 Å². The topological polar surface area (TPSA) is 163 Å². The van der Waals surface area contributed by atoms with Gasteiger partial charge < -0.3 is 34.6 Å². The molecule has 248 valence electrons. The van der Waals surface area contributed by atoms with Crippen molar-refractivity contribution < 1.29 is 37.8 Å². The molecule has 1 saturated carbocycles. The number of halogens is 1. The fourth-order valence-corrected chi connectivity index (χ4v) is 7.75. The normalized spacial score (nSPS) is 34.2. The van der Waals surface area contributed by atoms with Crippen LogP contribution in [0.3, 0.4) is 0 Å². The lowest BCUT2D eigenvalue weighted by atomic mass is 9.70. The minimum Gasteiger partial charge on any atom is -0.472 e. The smallest absolute Gasteiger partial charge is 0.408 e. The van der Waals surface area contributed by atoms with Gasteiger partial charge in [-0.25, -0.2) is 14.2 Å². The van der Waals surface area contributed by atoms with Gasteiger partial charge in [0, 0.05) is 25.6 Å². The summed E-state index contributed by atoms with van der Waals surface area (Å²) >= 11 is 0. The molecule has 4 fully saturated rings. The number of ether oxygens (including phenoxy) is 3. The maximum Gasteiger partial charge on any atom is 0.408 e. The maximum atomic E-state index is 15.2. The van der Waals surface area contributed by atoms with Gasteiger partial charge in [0.05, 0.1) is 25.8 Å². The van der Waals surface area contributed by atoms with E-state index >= 15 is 4.39 Å². The molecule has 5 aliphatic rings. The monoisotopic (exact) mass is 640 g/mol. The SMILES string of the molecule is C[C@H]1[C@H]2[C@@H](CC[C@H]1F)CN(C(=O)[C@@H](NC(=O)OC1CCOC1)C(C)(C)C)[C@@H]2C(=O)N1C[C@@]2(C[C@H]1C#N)Oc1cccnc1NC2=O. The Balaban J connectivity index is 1.30. The zero-order valence-corrected chi connectivity index (χ0v) is 26.5. The molecule has 9 atom stereocenters. The molecule has 4 amide bonds. The molecule has 0 bridgehead atoms. The number of likely N-dealkylation sites (tertiary alicyclic amines) is 2. The Hall–Kier alpha value is -3.99. The van der Waals surface area contributed by atoms with Gasteiger partial charge in [0.25, 0.3) is 5.91 Å². The Kier molecular flexibility index (Phi) is 8.33. The molecule has 3 saturated heterocycles. The summed E-state index contributed by atoms with van der Waals surface area (Å²) in [6.07, 6.45) is 0.429. The van der Waals surface area contributed by atoms with Crippen molar-refractivity contribution in [3.63, 3.8) is 0 Å². The third-order valence-electron chi connectivity index (χ3n) is 10.2. The van der Waals surface area contributed by atoms with Crippen LogP contribution in [0.25, 0.3) is 0 Å². The van der Waals surface area contributed by atoms with Crippen LogP contribution in [0.4, 0.5) is 15.0 Å². The second-order valence-corrected chi connectivity index (χ2v) is 14.3. The van der Waals surface area contributed by atoms with Crippen molar-refractivity contribution in [3.05, 3.63) is 18.3 Å². The third-order valence-corrected chi connectivity index (χ3v) is 10.2. The molecule has 14 heteroatoms. The van der Waals surface area contributed by atoms with Crippen LogP contribution in [0, 0.1) is 34.5 Å². The van der Waals surface area contributed by atoms with Crippen LogP contribution in [-0.2, 0) is 23.9 Å². The number of aromatic nitrogens is 1. The fraction of sp³-hybridized carbons (Fsp3) is 0.688. The standard InChI is InChI=1S/C32H41FN6O7/c1-17-21(33)8-7-18-14-38(28(41)25(31(2,3)4)36-30(43)45-20-9-11-44-15-20)24(23(17)18)27(40)39-16-32(12-19(39)13-34)29(42)37-26-22(46-32)6-5-10-35-26/h5-6,10,17-21,23-25H,7-9,11-12,14-16H2,1-4H3,(H,36,43)(H,35,37,42)/t17-,18+,19+,20?,21-,23+,24+,25-,32-/m1/s1. The van der Waals surface area contributed by atoms with Crippen molar-refractivity contribution in [1.82, 2.24) is 20.1 Å². The number of carbonyl (C=O) groups is 4. The quantitative estimate of drug-likeness (QED) is 0.503. The number of nitrogens with one attached hydrogen (secondary N) is 2. The Morgan fingerprint density at radius 1 is 1.26 bits per heavy atom. The van der Waals surface area contributed by atoms with Gasteiger partial charge in [0.2, 0.25) is 17.4 Å². The molecule has 5 heterocycles. The summed E-state index contributed by atoms with van der Waals surface area (Å²) in [5.74, 6) is -2.21. The first-order valence-corrected chi connectivity index (χ1v) is 16.0. The fourth-order valence-electron chi connectivity index (χ4n) is 7.75. The molecule has 1 aromatic rings. The largest absolute Gasteiger partial charge is 0.472 e. The highest BCUT2D eigenvalue weighted by Gasteiger charge is 2.60. The molecular weight excluding hydrogens is 599 g/mol. The molecular formula is C32H41FN6O7. The van der Waals surface area contributed by atoms with Crippen LogP contribution in [0.5, 0.6) is 5.75 Å². The van der Waals surface area contributed by atoms with E-state index in [9.17, 15) is 24.4 Å². The Bertz CT molecular complexity index is 1440. The van der Waals surface area contributed by atoms with Crippen molar-refractivity contribution in [1.29, 1.82) is 5.26 Å². The van der Waals surface area contributed by atoms with Gasteiger partial charge in [-0.15, -0.1) is 0 Å².